The molecule has 5 heteroatoms. The summed E-state index contributed by atoms with van der Waals surface area (Å²) in [7, 11) is 0. The van der Waals surface area contributed by atoms with Gasteiger partial charge >= 0.3 is 0 Å². The highest BCUT2D eigenvalue weighted by Crippen LogP contribution is 2.28. The highest BCUT2D eigenvalue weighted by atomic mass is 16.3. The molecule has 1 atom stereocenters. The van der Waals surface area contributed by atoms with Gasteiger partial charge in [-0.1, -0.05) is 48.5 Å². The summed E-state index contributed by atoms with van der Waals surface area (Å²) in [6.45, 7) is 0.731. The second kappa shape index (κ2) is 7.66. The van der Waals surface area contributed by atoms with Crippen molar-refractivity contribution in [2.24, 2.45) is 0 Å². The van der Waals surface area contributed by atoms with Gasteiger partial charge < -0.3 is 14.6 Å². The number of nitrogens with one attached hydrogen (secondary N) is 1. The summed E-state index contributed by atoms with van der Waals surface area (Å²) >= 11 is 0. The van der Waals surface area contributed by atoms with E-state index in [0.717, 1.165) is 29.4 Å². The molecule has 1 aliphatic rings. The zero-order chi connectivity index (χ0) is 18.6. The third-order valence-electron chi connectivity index (χ3n) is 4.92. The van der Waals surface area contributed by atoms with Crippen LogP contribution in [-0.2, 0) is 9.59 Å². The summed E-state index contributed by atoms with van der Waals surface area (Å²) in [5.41, 5.74) is 1.73. The van der Waals surface area contributed by atoms with Gasteiger partial charge in [0, 0.05) is 18.4 Å². The summed E-state index contributed by atoms with van der Waals surface area (Å²) in [5.74, 6) is 0.552. The largest absolute Gasteiger partial charge is 0.459 e. The minimum absolute atomic E-state index is 0.0522. The summed E-state index contributed by atoms with van der Waals surface area (Å²) in [6, 6.07) is 19.1. The Morgan fingerprint density at radius 2 is 1.85 bits per heavy atom. The Balaban J connectivity index is 1.58. The smallest absolute Gasteiger partial charge is 0.240 e. The Labute approximate surface area is 158 Å². The van der Waals surface area contributed by atoms with Crippen molar-refractivity contribution in [3.8, 4) is 0 Å². The third kappa shape index (κ3) is 3.87. The van der Waals surface area contributed by atoms with Gasteiger partial charge in [-0.2, -0.15) is 0 Å². The van der Waals surface area contributed by atoms with Crippen molar-refractivity contribution in [3.05, 3.63) is 72.0 Å². The maximum Gasteiger partial charge on any atom is 0.240 e. The number of hydrogen-bond acceptors (Lipinski definition) is 3. The van der Waals surface area contributed by atoms with Crippen LogP contribution in [0.15, 0.2) is 65.1 Å². The van der Waals surface area contributed by atoms with E-state index in [1.54, 1.807) is 4.90 Å². The molecule has 2 aromatic carbocycles. The van der Waals surface area contributed by atoms with Crippen molar-refractivity contribution in [1.82, 2.24) is 10.2 Å². The van der Waals surface area contributed by atoms with E-state index < -0.39 is 6.04 Å². The normalized spacial score (nSPS) is 15.7. The number of amides is 2. The molecule has 0 aliphatic carbocycles. The molecule has 4 rings (SSSR count). The van der Waals surface area contributed by atoms with Gasteiger partial charge in [0.1, 0.15) is 17.4 Å². The number of nitrogens with zero attached hydrogens (tertiary/aromatic N) is 1. The first-order valence-electron chi connectivity index (χ1n) is 9.31. The Kier molecular flexibility index (Phi) is 4.92. The van der Waals surface area contributed by atoms with E-state index in [4.69, 9.17) is 4.42 Å². The molecule has 2 amide bonds. The van der Waals surface area contributed by atoms with E-state index in [1.807, 2.05) is 60.7 Å². The lowest BCUT2D eigenvalue weighted by Crippen LogP contribution is -2.43. The molecule has 0 radical (unpaired) electrons. The molecule has 0 unspecified atom stereocenters. The SMILES string of the molecule is O=C(CN1CCCCC1=O)N[C@@H](c1ccccc1)c1cc2ccccc2o1. The van der Waals surface area contributed by atoms with Crippen LogP contribution in [0.3, 0.4) is 0 Å². The minimum atomic E-state index is -0.397. The van der Waals surface area contributed by atoms with Gasteiger partial charge in [0.25, 0.3) is 0 Å². The number of rotatable bonds is 5. The zero-order valence-corrected chi connectivity index (χ0v) is 15.1. The fraction of sp³-hybridized carbons (Fsp3) is 0.273. The fourth-order valence-corrected chi connectivity index (χ4v) is 3.52. The highest BCUT2D eigenvalue weighted by molar-refractivity contribution is 5.86. The van der Waals surface area contributed by atoms with E-state index in [1.165, 1.54) is 0 Å². The number of fused-ring (bicyclic) bond motifs is 1. The van der Waals surface area contributed by atoms with Gasteiger partial charge in [0.15, 0.2) is 0 Å². The number of carbonyl (C=O) groups is 2. The van der Waals surface area contributed by atoms with Gasteiger partial charge in [-0.3, -0.25) is 9.59 Å². The third-order valence-corrected chi connectivity index (χ3v) is 4.92. The van der Waals surface area contributed by atoms with Gasteiger partial charge in [0.2, 0.25) is 11.8 Å². The Morgan fingerprint density at radius 3 is 2.63 bits per heavy atom. The van der Waals surface area contributed by atoms with Crippen LogP contribution in [0.2, 0.25) is 0 Å². The van der Waals surface area contributed by atoms with Crippen LogP contribution in [0.5, 0.6) is 0 Å². The number of carbonyl (C=O) groups excluding carboxylic acids is 2. The number of para-hydroxylation sites is 1. The van der Waals surface area contributed by atoms with Crippen LogP contribution in [-0.4, -0.2) is 29.8 Å². The van der Waals surface area contributed by atoms with Crippen LogP contribution < -0.4 is 5.32 Å². The Hall–Kier alpha value is -3.08. The maximum absolute atomic E-state index is 12.7. The van der Waals surface area contributed by atoms with Crippen LogP contribution >= 0.6 is 0 Å². The van der Waals surface area contributed by atoms with Crippen molar-refractivity contribution in [1.29, 1.82) is 0 Å². The fourth-order valence-electron chi connectivity index (χ4n) is 3.52. The van der Waals surface area contributed by atoms with E-state index in [-0.39, 0.29) is 18.4 Å². The first-order valence-corrected chi connectivity index (χ1v) is 9.31. The lowest BCUT2D eigenvalue weighted by atomic mass is 10.0. The molecule has 5 nitrogen and oxygen atoms in total. The standard InChI is InChI=1S/C22H22N2O3/c25-20(15-24-13-7-6-12-21(24)26)23-22(16-8-2-1-3-9-16)19-14-17-10-4-5-11-18(17)27-19/h1-5,8-11,14,22H,6-7,12-13,15H2,(H,23,25)/t22-/m0/s1. The van der Waals surface area contributed by atoms with Crippen molar-refractivity contribution in [3.63, 3.8) is 0 Å². The van der Waals surface area contributed by atoms with Gasteiger partial charge in [0.05, 0.1) is 6.54 Å². The molecule has 2 heterocycles. The molecular formula is C22H22N2O3. The quantitative estimate of drug-likeness (QED) is 0.754. The van der Waals surface area contributed by atoms with Crippen LogP contribution in [0, 0.1) is 0 Å². The van der Waals surface area contributed by atoms with E-state index in [0.29, 0.717) is 18.7 Å². The molecule has 138 valence electrons. The maximum atomic E-state index is 12.7. The molecule has 27 heavy (non-hydrogen) atoms. The molecule has 0 spiro atoms. The van der Waals surface area contributed by atoms with Crippen LogP contribution in [0.4, 0.5) is 0 Å². The highest BCUT2D eigenvalue weighted by Gasteiger charge is 2.24. The number of furan rings is 1. The van der Waals surface area contributed by atoms with Crippen molar-refractivity contribution < 1.29 is 14.0 Å². The molecule has 1 aromatic heterocycles. The van der Waals surface area contributed by atoms with Gasteiger partial charge in [-0.15, -0.1) is 0 Å². The van der Waals surface area contributed by atoms with Gasteiger partial charge in [-0.05, 0) is 30.5 Å². The number of hydrogen-bond donors (Lipinski definition) is 1. The molecule has 1 fully saturated rings. The molecule has 3 aromatic rings. The van der Waals surface area contributed by atoms with E-state index >= 15 is 0 Å². The first-order chi connectivity index (χ1) is 13.2. The van der Waals surface area contributed by atoms with Crippen molar-refractivity contribution in [2.75, 3.05) is 13.1 Å². The average molecular weight is 362 g/mol. The van der Waals surface area contributed by atoms with E-state index in [9.17, 15) is 9.59 Å². The predicted octanol–water partition coefficient (Wildman–Crippen LogP) is 3.65. The van der Waals surface area contributed by atoms with Crippen LogP contribution in [0.1, 0.15) is 36.6 Å². The Morgan fingerprint density at radius 1 is 1.07 bits per heavy atom. The molecule has 0 saturated carbocycles. The topological polar surface area (TPSA) is 62.6 Å². The molecular weight excluding hydrogens is 340 g/mol. The second-order valence-corrected chi connectivity index (χ2v) is 6.87. The van der Waals surface area contributed by atoms with Crippen LogP contribution in [0.25, 0.3) is 11.0 Å². The zero-order valence-electron chi connectivity index (χ0n) is 15.1. The Bertz CT molecular complexity index is 915. The van der Waals surface area contributed by atoms with E-state index in [2.05, 4.69) is 5.32 Å². The van der Waals surface area contributed by atoms with Gasteiger partial charge in [-0.25, -0.2) is 0 Å². The summed E-state index contributed by atoms with van der Waals surface area (Å²) in [6.07, 6.45) is 2.38. The number of benzene rings is 2. The molecule has 1 aliphatic heterocycles. The summed E-state index contributed by atoms with van der Waals surface area (Å²) in [4.78, 5) is 26.3. The molecule has 1 saturated heterocycles. The van der Waals surface area contributed by atoms with Crippen molar-refractivity contribution >= 4 is 22.8 Å². The van der Waals surface area contributed by atoms with Crippen molar-refractivity contribution in [2.45, 2.75) is 25.3 Å². The number of likely N-dealkylation sites (tertiary alicyclic amines) is 1. The monoisotopic (exact) mass is 362 g/mol. The first kappa shape index (κ1) is 17.3. The predicted molar refractivity (Wildman–Crippen MR) is 103 cm³/mol. The second-order valence-electron chi connectivity index (χ2n) is 6.87. The molecule has 0 bridgehead atoms. The summed E-state index contributed by atoms with van der Waals surface area (Å²) in [5, 5.41) is 4.05. The lowest BCUT2D eigenvalue weighted by Gasteiger charge is -2.27. The molecule has 1 N–H and O–H groups in total. The average Bonchev–Trinajstić information content (AvgIpc) is 3.12. The summed E-state index contributed by atoms with van der Waals surface area (Å²) < 4.78 is 6.00. The lowest BCUT2D eigenvalue weighted by molar-refractivity contribution is -0.138. The minimum Gasteiger partial charge on any atom is -0.459 e. The number of piperidine rings is 1.